The number of hydrogen-bond acceptors (Lipinski definition) is 5. The van der Waals surface area contributed by atoms with E-state index in [1.54, 1.807) is 6.92 Å². The van der Waals surface area contributed by atoms with E-state index in [1.165, 1.54) is 9.80 Å². The van der Waals surface area contributed by atoms with Crippen molar-refractivity contribution >= 4 is 23.9 Å². The van der Waals surface area contributed by atoms with Crippen molar-refractivity contribution < 1.29 is 29.0 Å². The van der Waals surface area contributed by atoms with Gasteiger partial charge in [-0.15, -0.1) is 0 Å². The molecule has 0 spiro atoms. The highest BCUT2D eigenvalue weighted by atomic mass is 16.5. The normalized spacial score (nSPS) is 23.9. The van der Waals surface area contributed by atoms with E-state index in [-0.39, 0.29) is 24.3 Å². The largest absolute Gasteiger partial charge is 0.480 e. The topological polar surface area (TPSA) is 116 Å². The van der Waals surface area contributed by atoms with E-state index in [4.69, 9.17) is 4.74 Å². The molecule has 2 saturated heterocycles. The van der Waals surface area contributed by atoms with Gasteiger partial charge in [-0.25, -0.2) is 9.59 Å². The number of carboxylic acids is 1. The first-order chi connectivity index (χ1) is 16.2. The van der Waals surface area contributed by atoms with E-state index in [1.807, 2.05) is 44.2 Å². The number of benzene rings is 1. The van der Waals surface area contributed by atoms with Gasteiger partial charge in [0.1, 0.15) is 24.2 Å². The number of alkyl carbamates (subject to hydrolysis) is 1. The molecular weight excluding hydrogens is 438 g/mol. The first kappa shape index (κ1) is 25.5. The van der Waals surface area contributed by atoms with Gasteiger partial charge in [-0.05, 0) is 44.1 Å². The molecule has 2 heterocycles. The Morgan fingerprint density at radius 3 is 2.53 bits per heavy atom. The summed E-state index contributed by atoms with van der Waals surface area (Å²) in [5.41, 5.74) is -0.425. The molecule has 0 aliphatic carbocycles. The van der Waals surface area contributed by atoms with Crippen LogP contribution >= 0.6 is 0 Å². The molecule has 186 valence electrons. The van der Waals surface area contributed by atoms with Crippen molar-refractivity contribution in [3.63, 3.8) is 0 Å². The van der Waals surface area contributed by atoms with E-state index < -0.39 is 29.7 Å². The fourth-order valence-electron chi connectivity index (χ4n) is 4.76. The average molecular weight is 474 g/mol. The number of aliphatic carboxylic acids is 1. The second kappa shape index (κ2) is 10.9. The molecule has 0 unspecified atom stereocenters. The predicted molar refractivity (Wildman–Crippen MR) is 125 cm³/mol. The maximum absolute atomic E-state index is 13.5. The van der Waals surface area contributed by atoms with Crippen LogP contribution in [-0.4, -0.2) is 69.5 Å². The SMILES string of the molecule is CC[C@H](C)[C@H](NC(=O)OCc1ccccc1)C(=O)N1CCC[C@H]1C(=O)N1CCC[C@@]1(C)C(=O)O. The van der Waals surface area contributed by atoms with Gasteiger partial charge in [-0.1, -0.05) is 50.6 Å². The first-order valence-corrected chi connectivity index (χ1v) is 12.0. The lowest BCUT2D eigenvalue weighted by Gasteiger charge is -2.37. The third kappa shape index (κ3) is 5.34. The van der Waals surface area contributed by atoms with Crippen molar-refractivity contribution in [1.82, 2.24) is 15.1 Å². The number of nitrogens with zero attached hydrogens (tertiary/aromatic N) is 2. The molecule has 0 radical (unpaired) electrons. The van der Waals surface area contributed by atoms with Crippen LogP contribution in [0, 0.1) is 5.92 Å². The average Bonchev–Trinajstić information content (AvgIpc) is 3.48. The van der Waals surface area contributed by atoms with Gasteiger partial charge >= 0.3 is 12.1 Å². The molecule has 9 nitrogen and oxygen atoms in total. The molecule has 0 aromatic heterocycles. The molecule has 0 saturated carbocycles. The van der Waals surface area contributed by atoms with Crippen molar-refractivity contribution in [2.75, 3.05) is 13.1 Å². The monoisotopic (exact) mass is 473 g/mol. The number of ether oxygens (including phenoxy) is 1. The highest BCUT2D eigenvalue weighted by Gasteiger charge is 2.50. The summed E-state index contributed by atoms with van der Waals surface area (Å²) >= 11 is 0. The zero-order valence-corrected chi connectivity index (χ0v) is 20.2. The number of likely N-dealkylation sites (tertiary alicyclic amines) is 2. The van der Waals surface area contributed by atoms with E-state index >= 15 is 0 Å². The Labute approximate surface area is 200 Å². The fraction of sp³-hybridized carbons (Fsp3) is 0.600. The first-order valence-electron chi connectivity index (χ1n) is 12.0. The van der Waals surface area contributed by atoms with Crippen LogP contribution in [0.3, 0.4) is 0 Å². The van der Waals surface area contributed by atoms with Crippen LogP contribution in [0.25, 0.3) is 0 Å². The number of rotatable bonds is 8. The molecule has 2 fully saturated rings. The summed E-state index contributed by atoms with van der Waals surface area (Å²) in [6.07, 6.45) is 2.07. The molecule has 2 aliphatic rings. The van der Waals surface area contributed by atoms with Crippen LogP contribution < -0.4 is 5.32 Å². The molecule has 4 atom stereocenters. The minimum atomic E-state index is -1.26. The van der Waals surface area contributed by atoms with Crippen LogP contribution in [-0.2, 0) is 25.7 Å². The molecule has 0 bridgehead atoms. The Bertz CT molecular complexity index is 907. The highest BCUT2D eigenvalue weighted by Crippen LogP contribution is 2.32. The number of amides is 3. The van der Waals surface area contributed by atoms with Crippen molar-refractivity contribution in [3.8, 4) is 0 Å². The second-order valence-corrected chi connectivity index (χ2v) is 9.43. The minimum Gasteiger partial charge on any atom is -0.480 e. The highest BCUT2D eigenvalue weighted by molar-refractivity contribution is 5.94. The number of carbonyl (C=O) groups is 4. The maximum Gasteiger partial charge on any atom is 0.408 e. The second-order valence-electron chi connectivity index (χ2n) is 9.43. The smallest absolute Gasteiger partial charge is 0.408 e. The fourth-order valence-corrected chi connectivity index (χ4v) is 4.76. The number of hydrogen-bond donors (Lipinski definition) is 2. The molecule has 3 amide bonds. The van der Waals surface area contributed by atoms with Crippen molar-refractivity contribution in [3.05, 3.63) is 35.9 Å². The van der Waals surface area contributed by atoms with Gasteiger partial charge in [-0.2, -0.15) is 0 Å². The summed E-state index contributed by atoms with van der Waals surface area (Å²) in [5, 5.41) is 12.4. The van der Waals surface area contributed by atoms with Gasteiger partial charge in [0.05, 0.1) is 0 Å². The molecule has 2 N–H and O–H groups in total. The molecule has 1 aromatic carbocycles. The molecule has 3 rings (SSSR count). The zero-order chi connectivity index (χ0) is 24.9. The Morgan fingerprint density at radius 2 is 1.88 bits per heavy atom. The van der Waals surface area contributed by atoms with E-state index in [2.05, 4.69) is 5.32 Å². The third-order valence-corrected chi connectivity index (χ3v) is 7.15. The summed E-state index contributed by atoms with van der Waals surface area (Å²) < 4.78 is 5.31. The van der Waals surface area contributed by atoms with Crippen LogP contribution in [0.2, 0.25) is 0 Å². The maximum atomic E-state index is 13.5. The van der Waals surface area contributed by atoms with Crippen LogP contribution in [0.15, 0.2) is 30.3 Å². The van der Waals surface area contributed by atoms with Crippen LogP contribution in [0.5, 0.6) is 0 Å². The quantitative estimate of drug-likeness (QED) is 0.600. The molecule has 2 aliphatic heterocycles. The Morgan fingerprint density at radius 1 is 1.18 bits per heavy atom. The summed E-state index contributed by atoms with van der Waals surface area (Å²) in [6, 6.07) is 7.69. The Balaban J connectivity index is 1.70. The van der Waals surface area contributed by atoms with Crippen LogP contribution in [0.4, 0.5) is 4.79 Å². The van der Waals surface area contributed by atoms with Gasteiger partial charge in [0.2, 0.25) is 11.8 Å². The summed E-state index contributed by atoms with van der Waals surface area (Å²) in [5.74, 6) is -1.88. The van der Waals surface area contributed by atoms with Gasteiger partial charge in [0.15, 0.2) is 0 Å². The third-order valence-electron chi connectivity index (χ3n) is 7.15. The lowest BCUT2D eigenvalue weighted by atomic mass is 9.96. The zero-order valence-electron chi connectivity index (χ0n) is 20.2. The van der Waals surface area contributed by atoms with Crippen LogP contribution in [0.1, 0.15) is 58.4 Å². The van der Waals surface area contributed by atoms with Gasteiger partial charge in [0.25, 0.3) is 0 Å². The molecule has 9 heteroatoms. The molecular formula is C25H35N3O6. The summed E-state index contributed by atoms with van der Waals surface area (Å²) in [7, 11) is 0. The Hall–Kier alpha value is -3.10. The van der Waals surface area contributed by atoms with E-state index in [0.29, 0.717) is 45.2 Å². The van der Waals surface area contributed by atoms with E-state index in [9.17, 15) is 24.3 Å². The van der Waals surface area contributed by atoms with Crippen molar-refractivity contribution in [2.24, 2.45) is 5.92 Å². The standard InChI is InChI=1S/C25H35N3O6/c1-4-17(2)20(26-24(33)34-16-18-10-6-5-7-11-18)22(30)27-14-8-12-19(27)21(29)28-15-9-13-25(28,3)23(31)32/h5-7,10-11,17,19-20H,4,8-9,12-16H2,1-3H3,(H,26,33)(H,31,32)/t17-,19-,20-,25-/m0/s1. The molecule has 1 aromatic rings. The summed E-state index contributed by atoms with van der Waals surface area (Å²) in [6.45, 7) is 6.20. The summed E-state index contributed by atoms with van der Waals surface area (Å²) in [4.78, 5) is 54.2. The lowest BCUT2D eigenvalue weighted by molar-refractivity contribution is -0.158. The van der Waals surface area contributed by atoms with Crippen molar-refractivity contribution in [1.29, 1.82) is 0 Å². The predicted octanol–water partition coefficient (Wildman–Crippen LogP) is 2.78. The Kier molecular flexibility index (Phi) is 8.17. The minimum absolute atomic E-state index is 0.0850. The number of nitrogens with one attached hydrogen (secondary N) is 1. The lowest BCUT2D eigenvalue weighted by Crippen LogP contribution is -2.59. The molecule has 34 heavy (non-hydrogen) atoms. The number of carbonyl (C=O) groups excluding carboxylic acids is 3. The van der Waals surface area contributed by atoms with E-state index in [0.717, 1.165) is 5.56 Å². The van der Waals surface area contributed by atoms with Gasteiger partial charge in [-0.3, -0.25) is 9.59 Å². The number of carboxylic acid groups (broad SMARTS) is 1. The van der Waals surface area contributed by atoms with Crippen molar-refractivity contribution in [2.45, 2.75) is 77.1 Å². The van der Waals surface area contributed by atoms with Gasteiger partial charge < -0.3 is 25.0 Å². The van der Waals surface area contributed by atoms with Gasteiger partial charge in [0, 0.05) is 13.1 Å².